The summed E-state index contributed by atoms with van der Waals surface area (Å²) >= 11 is 0. The van der Waals surface area contributed by atoms with Crippen molar-refractivity contribution in [2.24, 2.45) is 18.7 Å². The van der Waals surface area contributed by atoms with Crippen LogP contribution in [0.1, 0.15) is 12.8 Å². The molecule has 1 fully saturated rings. The Bertz CT molecular complexity index is 558. The predicted octanol–water partition coefficient (Wildman–Crippen LogP) is 1.14. The minimum atomic E-state index is 0.380. The third-order valence-electron chi connectivity index (χ3n) is 3.86. The highest BCUT2D eigenvalue weighted by Gasteiger charge is 2.34. The largest absolute Gasteiger partial charge is 0.353 e. The van der Waals surface area contributed by atoms with Gasteiger partial charge in [-0.05, 0) is 24.8 Å². The van der Waals surface area contributed by atoms with Gasteiger partial charge in [0.05, 0.1) is 11.8 Å². The highest BCUT2D eigenvalue weighted by molar-refractivity contribution is 5.86. The Morgan fingerprint density at radius 2 is 2.28 bits per heavy atom. The summed E-state index contributed by atoms with van der Waals surface area (Å²) in [5.74, 6) is 1.66. The van der Waals surface area contributed by atoms with Gasteiger partial charge < -0.3 is 15.2 Å². The molecule has 5 heteroatoms. The van der Waals surface area contributed by atoms with Crippen LogP contribution in [-0.2, 0) is 7.05 Å². The number of aryl methyl sites for hydroxylation is 1. The maximum Gasteiger partial charge on any atom is 0.156 e. The first-order chi connectivity index (χ1) is 8.72. The summed E-state index contributed by atoms with van der Waals surface area (Å²) in [6.45, 7) is 0.673. The number of anilines is 1. The molecule has 0 aliphatic heterocycles. The lowest BCUT2D eigenvalue weighted by Gasteiger charge is -2.28. The number of nitrogens with zero attached hydrogens (tertiary/aromatic N) is 4. The van der Waals surface area contributed by atoms with E-state index < -0.39 is 0 Å². The molecule has 2 aromatic heterocycles. The molecule has 1 saturated carbocycles. The lowest BCUT2D eigenvalue weighted by Crippen LogP contribution is -2.40. The normalized spacial score (nSPS) is 17.1. The van der Waals surface area contributed by atoms with Crippen LogP contribution < -0.4 is 10.6 Å². The number of aromatic nitrogens is 3. The third-order valence-corrected chi connectivity index (χ3v) is 3.86. The van der Waals surface area contributed by atoms with Gasteiger partial charge in [0.1, 0.15) is 5.52 Å². The molecule has 1 unspecified atom stereocenters. The molecule has 1 aliphatic rings. The van der Waals surface area contributed by atoms with Gasteiger partial charge in [-0.1, -0.05) is 0 Å². The lowest BCUT2D eigenvalue weighted by atomic mass is 10.1. The van der Waals surface area contributed by atoms with E-state index in [9.17, 15) is 0 Å². The molecule has 2 heterocycles. The average molecular weight is 245 g/mol. The van der Waals surface area contributed by atoms with Crippen molar-refractivity contribution in [1.29, 1.82) is 0 Å². The average Bonchev–Trinajstić information content (AvgIpc) is 3.14. The van der Waals surface area contributed by atoms with Gasteiger partial charge in [-0.25, -0.2) is 9.97 Å². The fourth-order valence-electron chi connectivity index (χ4n) is 2.61. The van der Waals surface area contributed by atoms with Gasteiger partial charge in [-0.2, -0.15) is 0 Å². The van der Waals surface area contributed by atoms with Gasteiger partial charge in [0.2, 0.25) is 0 Å². The molecule has 96 valence electrons. The van der Waals surface area contributed by atoms with E-state index in [1.165, 1.54) is 12.8 Å². The molecule has 2 aromatic rings. The maximum atomic E-state index is 5.91. The first kappa shape index (κ1) is 11.5. The fraction of sp³-hybridized carbons (Fsp3) is 0.538. The molecular formula is C13H19N5. The molecule has 3 rings (SSSR count). The molecule has 2 N–H and O–H groups in total. The third kappa shape index (κ3) is 1.75. The number of imidazole rings is 1. The van der Waals surface area contributed by atoms with Gasteiger partial charge in [0, 0.05) is 32.9 Å². The van der Waals surface area contributed by atoms with E-state index in [0.717, 1.165) is 22.8 Å². The van der Waals surface area contributed by atoms with Crippen LogP contribution in [0.2, 0.25) is 0 Å². The smallest absolute Gasteiger partial charge is 0.156 e. The highest BCUT2D eigenvalue weighted by Crippen LogP contribution is 2.36. The SMILES string of the molecule is CN(c1nccc2c1ncn2C)C(CN)C1CC1. The summed E-state index contributed by atoms with van der Waals surface area (Å²) in [6, 6.07) is 2.37. The summed E-state index contributed by atoms with van der Waals surface area (Å²) in [5, 5.41) is 0. The number of nitrogens with two attached hydrogens (primary N) is 1. The van der Waals surface area contributed by atoms with Gasteiger partial charge in [-0.3, -0.25) is 0 Å². The zero-order chi connectivity index (χ0) is 12.7. The molecule has 0 radical (unpaired) electrons. The van der Waals surface area contributed by atoms with Crippen LogP contribution >= 0.6 is 0 Å². The molecule has 1 aliphatic carbocycles. The van der Waals surface area contributed by atoms with Crippen molar-refractivity contribution >= 4 is 16.9 Å². The predicted molar refractivity (Wildman–Crippen MR) is 72.5 cm³/mol. The number of fused-ring (bicyclic) bond motifs is 1. The van der Waals surface area contributed by atoms with Crippen molar-refractivity contribution in [1.82, 2.24) is 14.5 Å². The lowest BCUT2D eigenvalue weighted by molar-refractivity contribution is 0.567. The van der Waals surface area contributed by atoms with Gasteiger partial charge in [0.25, 0.3) is 0 Å². The fourth-order valence-corrected chi connectivity index (χ4v) is 2.61. The minimum absolute atomic E-state index is 0.380. The highest BCUT2D eigenvalue weighted by atomic mass is 15.2. The zero-order valence-electron chi connectivity index (χ0n) is 10.9. The molecule has 0 spiro atoms. The van der Waals surface area contributed by atoms with E-state index in [2.05, 4.69) is 21.9 Å². The van der Waals surface area contributed by atoms with Crippen LogP contribution in [0.5, 0.6) is 0 Å². The van der Waals surface area contributed by atoms with Crippen molar-refractivity contribution in [3.63, 3.8) is 0 Å². The second-order valence-electron chi connectivity index (χ2n) is 5.11. The zero-order valence-corrected chi connectivity index (χ0v) is 10.9. The van der Waals surface area contributed by atoms with Crippen LogP contribution in [0.15, 0.2) is 18.6 Å². The molecule has 18 heavy (non-hydrogen) atoms. The van der Waals surface area contributed by atoms with Crippen molar-refractivity contribution in [2.45, 2.75) is 18.9 Å². The molecule has 0 bridgehead atoms. The van der Waals surface area contributed by atoms with Crippen LogP contribution in [0.4, 0.5) is 5.82 Å². The first-order valence-corrected chi connectivity index (χ1v) is 6.41. The van der Waals surface area contributed by atoms with Gasteiger partial charge in [0.15, 0.2) is 5.82 Å². The van der Waals surface area contributed by atoms with Crippen LogP contribution in [0, 0.1) is 5.92 Å². The van der Waals surface area contributed by atoms with Crippen LogP contribution in [-0.4, -0.2) is 34.2 Å². The van der Waals surface area contributed by atoms with Crippen molar-refractivity contribution in [3.05, 3.63) is 18.6 Å². The molecule has 5 nitrogen and oxygen atoms in total. The van der Waals surface area contributed by atoms with Crippen molar-refractivity contribution < 1.29 is 0 Å². The van der Waals surface area contributed by atoms with Crippen molar-refractivity contribution in [2.75, 3.05) is 18.5 Å². The number of likely N-dealkylation sites (N-methyl/N-ethyl adjacent to an activating group) is 1. The van der Waals surface area contributed by atoms with E-state index in [4.69, 9.17) is 5.73 Å². The summed E-state index contributed by atoms with van der Waals surface area (Å²) in [4.78, 5) is 11.1. The summed E-state index contributed by atoms with van der Waals surface area (Å²) < 4.78 is 2.02. The molecule has 1 atom stereocenters. The second kappa shape index (κ2) is 4.24. The minimum Gasteiger partial charge on any atom is -0.353 e. The van der Waals surface area contributed by atoms with Crippen molar-refractivity contribution in [3.8, 4) is 0 Å². The van der Waals surface area contributed by atoms with E-state index in [0.29, 0.717) is 12.6 Å². The number of rotatable bonds is 4. The number of hydrogen-bond acceptors (Lipinski definition) is 4. The Labute approximate surface area is 107 Å². The van der Waals surface area contributed by atoms with Crippen LogP contribution in [0.25, 0.3) is 11.0 Å². The number of hydrogen-bond donors (Lipinski definition) is 1. The Morgan fingerprint density at radius 3 is 2.94 bits per heavy atom. The van der Waals surface area contributed by atoms with Gasteiger partial charge >= 0.3 is 0 Å². The summed E-state index contributed by atoms with van der Waals surface area (Å²) in [5.41, 5.74) is 7.98. The second-order valence-corrected chi connectivity index (χ2v) is 5.11. The molecular weight excluding hydrogens is 226 g/mol. The summed E-state index contributed by atoms with van der Waals surface area (Å²) in [7, 11) is 4.08. The van der Waals surface area contributed by atoms with Gasteiger partial charge in [-0.15, -0.1) is 0 Å². The maximum absolute atomic E-state index is 5.91. The standard InChI is InChI=1S/C13H19N5/c1-17-8-16-12-10(17)5-6-15-13(12)18(2)11(7-14)9-3-4-9/h5-6,8-9,11H,3-4,7,14H2,1-2H3. The Morgan fingerprint density at radius 1 is 1.50 bits per heavy atom. The molecule has 0 aromatic carbocycles. The van der Waals surface area contributed by atoms with E-state index >= 15 is 0 Å². The van der Waals surface area contributed by atoms with E-state index in [1.807, 2.05) is 30.2 Å². The Balaban J connectivity index is 2.02. The Hall–Kier alpha value is -1.62. The number of pyridine rings is 1. The van der Waals surface area contributed by atoms with E-state index in [-0.39, 0.29) is 0 Å². The Kier molecular flexibility index (Phi) is 2.70. The quantitative estimate of drug-likeness (QED) is 0.877. The van der Waals surface area contributed by atoms with E-state index in [1.54, 1.807) is 0 Å². The first-order valence-electron chi connectivity index (χ1n) is 6.41. The van der Waals surface area contributed by atoms with Crippen LogP contribution in [0.3, 0.4) is 0 Å². The molecule has 0 saturated heterocycles. The topological polar surface area (TPSA) is 60.0 Å². The molecule has 0 amide bonds. The summed E-state index contributed by atoms with van der Waals surface area (Å²) in [6.07, 6.45) is 6.24. The monoisotopic (exact) mass is 245 g/mol.